The molecule has 6 aliphatic rings. The van der Waals surface area contributed by atoms with E-state index in [9.17, 15) is 20.1 Å². The van der Waals surface area contributed by atoms with Gasteiger partial charge >= 0.3 is 0 Å². The van der Waals surface area contributed by atoms with E-state index >= 15 is 0 Å². The second-order valence-corrected chi connectivity index (χ2v) is 12.0. The molecule has 0 aromatic rings. The summed E-state index contributed by atoms with van der Waals surface area (Å²) in [5, 5.41) is 35.8. The van der Waals surface area contributed by atoms with E-state index in [0.717, 1.165) is 30.6 Å². The number of ether oxygens (including phenoxy) is 3. The van der Waals surface area contributed by atoms with Gasteiger partial charge in [-0.3, -0.25) is 4.79 Å². The molecule has 2 bridgehead atoms. The molecule has 190 valence electrons. The van der Waals surface area contributed by atoms with Crippen LogP contribution >= 0.6 is 0 Å². The normalized spacial score (nSPS) is 48.9. The van der Waals surface area contributed by atoms with Gasteiger partial charge in [-0.15, -0.1) is 0 Å². The molecule has 0 radical (unpaired) electrons. The molecular formula is C27H40O7. The monoisotopic (exact) mass is 476 g/mol. The highest BCUT2D eigenvalue weighted by Gasteiger charge is 2.84. The highest BCUT2D eigenvalue weighted by atomic mass is 16.7. The van der Waals surface area contributed by atoms with Crippen molar-refractivity contribution in [3.05, 3.63) is 23.5 Å². The first kappa shape index (κ1) is 24.4. The summed E-state index contributed by atoms with van der Waals surface area (Å²) in [7, 11) is 0. The fraction of sp³-hybridized carbons (Fsp3) is 0.815. The van der Waals surface area contributed by atoms with Gasteiger partial charge in [-0.1, -0.05) is 26.0 Å². The number of rotatable bonds is 4. The van der Waals surface area contributed by atoms with Gasteiger partial charge in [0.1, 0.15) is 23.1 Å². The maximum Gasteiger partial charge on any atom is 0.208 e. The van der Waals surface area contributed by atoms with Crippen molar-refractivity contribution in [2.45, 2.75) is 91.0 Å². The summed E-state index contributed by atoms with van der Waals surface area (Å²) in [4.78, 5) is 13.6. The number of aliphatic hydroxyl groups excluding tert-OH is 2. The van der Waals surface area contributed by atoms with Crippen molar-refractivity contribution in [2.75, 3.05) is 13.2 Å². The third kappa shape index (κ3) is 2.68. The highest BCUT2D eigenvalue weighted by Crippen LogP contribution is 2.75. The Kier molecular flexibility index (Phi) is 5.48. The van der Waals surface area contributed by atoms with Crippen LogP contribution in [0.25, 0.3) is 0 Å². The van der Waals surface area contributed by atoms with Crippen LogP contribution in [0, 0.1) is 34.0 Å². The van der Waals surface area contributed by atoms with E-state index in [0.29, 0.717) is 19.4 Å². The number of fused-ring (bicyclic) bond motifs is 1. The number of carbonyl (C=O) groups is 1. The summed E-state index contributed by atoms with van der Waals surface area (Å²) >= 11 is 0. The molecule has 1 spiro atoms. The number of hydrogen-bond acceptors (Lipinski definition) is 7. The van der Waals surface area contributed by atoms with Crippen LogP contribution in [0.2, 0.25) is 0 Å². The summed E-state index contributed by atoms with van der Waals surface area (Å²) in [5.74, 6) is -3.00. The van der Waals surface area contributed by atoms with Crippen LogP contribution in [-0.4, -0.2) is 58.6 Å². The van der Waals surface area contributed by atoms with Crippen LogP contribution in [0.1, 0.15) is 66.7 Å². The fourth-order valence-electron chi connectivity index (χ4n) is 8.94. The largest absolute Gasteiger partial charge is 0.469 e. The van der Waals surface area contributed by atoms with Gasteiger partial charge in [-0.2, -0.15) is 0 Å². The number of Topliss-reactive ketones (excluding diaryl/α,β-unsaturated/α-hetero) is 1. The predicted octanol–water partition coefficient (Wildman–Crippen LogP) is 3.08. The lowest BCUT2D eigenvalue weighted by Gasteiger charge is -2.75. The first-order chi connectivity index (χ1) is 15.9. The number of hydrogen-bond donors (Lipinski definition) is 3. The van der Waals surface area contributed by atoms with E-state index < -0.39 is 47.0 Å². The molecule has 7 nitrogen and oxygen atoms in total. The van der Waals surface area contributed by atoms with E-state index in [4.69, 9.17) is 14.2 Å². The van der Waals surface area contributed by atoms with E-state index in [2.05, 4.69) is 20.4 Å². The minimum atomic E-state index is -2.19. The van der Waals surface area contributed by atoms with Gasteiger partial charge in [0.15, 0.2) is 6.29 Å². The van der Waals surface area contributed by atoms with Gasteiger partial charge in [-0.25, -0.2) is 0 Å². The molecule has 7 heteroatoms. The van der Waals surface area contributed by atoms with Crippen molar-refractivity contribution in [1.29, 1.82) is 0 Å². The number of aliphatic hydroxyl groups is 3. The van der Waals surface area contributed by atoms with Crippen molar-refractivity contribution in [3.63, 3.8) is 0 Å². The molecule has 2 saturated carbocycles. The maximum atomic E-state index is 13.6. The molecule has 6 rings (SSSR count). The van der Waals surface area contributed by atoms with Gasteiger partial charge in [0, 0.05) is 24.9 Å². The third-order valence-electron chi connectivity index (χ3n) is 9.93. The molecule has 0 aromatic carbocycles. The average Bonchev–Trinajstić information content (AvgIpc) is 2.75. The van der Waals surface area contributed by atoms with Crippen LogP contribution in [-0.2, 0) is 19.0 Å². The van der Waals surface area contributed by atoms with Crippen molar-refractivity contribution in [2.24, 2.45) is 34.0 Å². The molecule has 0 aromatic heterocycles. The summed E-state index contributed by atoms with van der Waals surface area (Å²) in [6, 6.07) is 0. The molecule has 3 aliphatic carbocycles. The summed E-state index contributed by atoms with van der Waals surface area (Å²) in [6.45, 7) is 14.1. The lowest BCUT2D eigenvalue weighted by atomic mass is 9.34. The minimum absolute atomic E-state index is 0.135. The van der Waals surface area contributed by atoms with Crippen LogP contribution in [0.5, 0.6) is 0 Å². The Morgan fingerprint density at radius 2 is 1.88 bits per heavy atom. The first-order valence-electron chi connectivity index (χ1n) is 12.8. The topological polar surface area (TPSA) is 105 Å². The molecule has 9 atom stereocenters. The third-order valence-corrected chi connectivity index (χ3v) is 9.93. The van der Waals surface area contributed by atoms with Crippen molar-refractivity contribution >= 4 is 5.78 Å². The van der Waals surface area contributed by atoms with Gasteiger partial charge in [0.25, 0.3) is 0 Å². The summed E-state index contributed by atoms with van der Waals surface area (Å²) in [6.07, 6.45) is 0.558. The number of allylic oxidation sites excluding steroid dienone is 1. The lowest BCUT2D eigenvalue weighted by molar-refractivity contribution is -0.448. The van der Waals surface area contributed by atoms with Gasteiger partial charge in [-0.05, 0) is 63.4 Å². The van der Waals surface area contributed by atoms with Crippen molar-refractivity contribution in [1.82, 2.24) is 0 Å². The van der Waals surface area contributed by atoms with E-state index in [-0.39, 0.29) is 23.7 Å². The van der Waals surface area contributed by atoms with Gasteiger partial charge in [0.2, 0.25) is 5.79 Å². The Bertz CT molecular complexity index is 939. The number of ketones is 1. The molecule has 0 unspecified atom stereocenters. The van der Waals surface area contributed by atoms with E-state index in [1.807, 2.05) is 13.8 Å². The Balaban J connectivity index is 1.77. The van der Waals surface area contributed by atoms with Crippen molar-refractivity contribution < 1.29 is 34.3 Å². The zero-order valence-electron chi connectivity index (χ0n) is 21.1. The smallest absolute Gasteiger partial charge is 0.208 e. The average molecular weight is 477 g/mol. The Hall–Kier alpha value is -1.25. The highest BCUT2D eigenvalue weighted by molar-refractivity contribution is 5.86. The van der Waals surface area contributed by atoms with Crippen LogP contribution in [0.4, 0.5) is 0 Å². The second-order valence-electron chi connectivity index (χ2n) is 12.0. The minimum Gasteiger partial charge on any atom is -0.469 e. The molecule has 0 amide bonds. The predicted molar refractivity (Wildman–Crippen MR) is 124 cm³/mol. The second kappa shape index (κ2) is 7.62. The molecular weight excluding hydrogens is 436 g/mol. The maximum absolute atomic E-state index is 13.6. The summed E-state index contributed by atoms with van der Waals surface area (Å²) < 4.78 is 18.6. The van der Waals surface area contributed by atoms with Crippen LogP contribution in [0.15, 0.2) is 23.5 Å². The van der Waals surface area contributed by atoms with Crippen LogP contribution in [0.3, 0.4) is 0 Å². The van der Waals surface area contributed by atoms with E-state index in [1.54, 1.807) is 0 Å². The lowest BCUT2D eigenvalue weighted by Crippen LogP contribution is -2.85. The zero-order chi connectivity index (χ0) is 24.8. The van der Waals surface area contributed by atoms with E-state index in [1.165, 1.54) is 12.5 Å². The first-order valence-corrected chi connectivity index (χ1v) is 12.8. The SMILES string of the molecule is C=C(C)[C@@H]1CC[C@H]2[C@@]34CO[C@@](O)([C@@H](O)[C@@H]3C(C)(C)CC3=C4O[C@@H](OCC)CC3)[C@@]2(C(C)=O)[C@@H]1O. The molecule has 34 heavy (non-hydrogen) atoms. The van der Waals surface area contributed by atoms with Crippen molar-refractivity contribution in [3.8, 4) is 0 Å². The van der Waals surface area contributed by atoms with Gasteiger partial charge < -0.3 is 29.5 Å². The molecule has 2 saturated heterocycles. The van der Waals surface area contributed by atoms with Crippen LogP contribution < -0.4 is 0 Å². The Morgan fingerprint density at radius 1 is 1.18 bits per heavy atom. The molecule has 3 aliphatic heterocycles. The zero-order valence-corrected chi connectivity index (χ0v) is 21.1. The molecule has 3 heterocycles. The number of carbonyl (C=O) groups excluding carboxylic acids is 1. The Morgan fingerprint density at radius 3 is 2.50 bits per heavy atom. The van der Waals surface area contributed by atoms with Gasteiger partial charge in [0.05, 0.1) is 18.1 Å². The standard InChI is InChI=1S/C27H40O7/c1-7-32-19-11-8-16-12-24(5,6)20-22(30)27(31)26(15(4)28)18(10-9-17(14(2)3)21(26)29)25(20,13-33-27)23(16)34-19/h17-22,29-31H,2,7-13H2,1,3-6H3/t17-,18-,19+,20+,21+,22-,25-,26+,27-/m0/s1. The molecule has 3 N–H and O–H groups in total. The fourth-order valence-corrected chi connectivity index (χ4v) is 8.94. The Labute approximate surface area is 202 Å². The molecule has 4 fully saturated rings. The quantitative estimate of drug-likeness (QED) is 0.536. The summed E-state index contributed by atoms with van der Waals surface area (Å²) in [5.41, 5.74) is -0.958.